The van der Waals surface area contributed by atoms with Crippen molar-refractivity contribution in [2.24, 2.45) is 0 Å². The lowest BCUT2D eigenvalue weighted by Gasteiger charge is -2.30. The minimum atomic E-state index is -0.721. The maximum absolute atomic E-state index is 13.3. The van der Waals surface area contributed by atoms with Crippen LogP contribution in [0.15, 0.2) is 30.3 Å². The van der Waals surface area contributed by atoms with E-state index in [1.807, 2.05) is 30.3 Å². The average molecular weight is 489 g/mol. The van der Waals surface area contributed by atoms with Crippen molar-refractivity contribution in [1.82, 2.24) is 20.4 Å². The van der Waals surface area contributed by atoms with Crippen LogP contribution in [0.3, 0.4) is 0 Å². The molecule has 0 radical (unpaired) electrons. The van der Waals surface area contributed by atoms with Gasteiger partial charge in [-0.05, 0) is 38.2 Å². The third kappa shape index (κ3) is 7.17. The summed E-state index contributed by atoms with van der Waals surface area (Å²) >= 11 is 0. The normalized spacial score (nSPS) is 19.2. The van der Waals surface area contributed by atoms with Crippen molar-refractivity contribution >= 4 is 29.8 Å². The Balaban J connectivity index is 1.50. The van der Waals surface area contributed by atoms with Gasteiger partial charge >= 0.3 is 12.1 Å². The lowest BCUT2D eigenvalue weighted by atomic mass is 10.1. The molecule has 2 saturated heterocycles. The summed E-state index contributed by atoms with van der Waals surface area (Å²) in [6.45, 7) is 2.16. The third-order valence-corrected chi connectivity index (χ3v) is 6.00. The van der Waals surface area contributed by atoms with Gasteiger partial charge in [0.2, 0.25) is 17.7 Å². The molecule has 35 heavy (non-hydrogen) atoms. The molecule has 3 rings (SSSR count). The number of nitrogens with one attached hydrogen (secondary N) is 2. The Morgan fingerprint density at radius 3 is 2.29 bits per heavy atom. The van der Waals surface area contributed by atoms with Crippen molar-refractivity contribution in [3.63, 3.8) is 0 Å². The number of carbonyl (C=O) groups is 5. The van der Waals surface area contributed by atoms with Crippen molar-refractivity contribution < 1.29 is 33.4 Å². The Morgan fingerprint density at radius 1 is 0.886 bits per heavy atom. The maximum Gasteiger partial charge on any atom is 0.407 e. The van der Waals surface area contributed by atoms with Crippen LogP contribution in [-0.4, -0.2) is 84.5 Å². The lowest BCUT2D eigenvalue weighted by Crippen LogP contribution is -2.53. The topological polar surface area (TPSA) is 134 Å². The number of amides is 4. The predicted octanol–water partition coefficient (Wildman–Crippen LogP) is 0.574. The van der Waals surface area contributed by atoms with E-state index in [0.717, 1.165) is 5.56 Å². The Morgan fingerprint density at radius 2 is 1.57 bits per heavy atom. The summed E-state index contributed by atoms with van der Waals surface area (Å²) in [6, 6.07) is 7.97. The molecular formula is C24H32N4O7. The van der Waals surface area contributed by atoms with Gasteiger partial charge in [0.15, 0.2) is 0 Å². The van der Waals surface area contributed by atoms with Crippen molar-refractivity contribution in [3.8, 4) is 0 Å². The number of carbonyl (C=O) groups excluding carboxylic acids is 5. The molecule has 0 saturated carbocycles. The second-order valence-electron chi connectivity index (χ2n) is 8.38. The molecule has 0 spiro atoms. The molecule has 1 aromatic rings. The maximum atomic E-state index is 13.3. The molecule has 190 valence electrons. The fourth-order valence-electron chi connectivity index (χ4n) is 4.29. The smallest absolute Gasteiger partial charge is 0.407 e. The summed E-state index contributed by atoms with van der Waals surface area (Å²) in [5.41, 5.74) is 0.865. The molecule has 2 heterocycles. The van der Waals surface area contributed by atoms with Crippen molar-refractivity contribution in [3.05, 3.63) is 35.9 Å². The SMILES string of the molecule is CCOC(=O)NCC(=O)NCC(=O)N1CCC[C@H]1C(=O)N1CCC[C@H]1C(=O)OCc1ccccc1. The van der Waals surface area contributed by atoms with Crippen LogP contribution in [-0.2, 0) is 35.3 Å². The third-order valence-electron chi connectivity index (χ3n) is 6.00. The molecule has 2 atom stereocenters. The zero-order valence-electron chi connectivity index (χ0n) is 19.9. The van der Waals surface area contributed by atoms with Crippen LogP contribution < -0.4 is 10.6 Å². The first-order valence-electron chi connectivity index (χ1n) is 11.9. The molecule has 4 amide bonds. The molecule has 2 N–H and O–H groups in total. The lowest BCUT2D eigenvalue weighted by molar-refractivity contribution is -0.156. The van der Waals surface area contributed by atoms with Gasteiger partial charge in [0, 0.05) is 13.1 Å². The van der Waals surface area contributed by atoms with Crippen LogP contribution >= 0.6 is 0 Å². The monoisotopic (exact) mass is 488 g/mol. The van der Waals surface area contributed by atoms with Gasteiger partial charge in [0.25, 0.3) is 0 Å². The van der Waals surface area contributed by atoms with Crippen molar-refractivity contribution in [2.75, 3.05) is 32.8 Å². The van der Waals surface area contributed by atoms with Gasteiger partial charge in [0.1, 0.15) is 25.2 Å². The second-order valence-corrected chi connectivity index (χ2v) is 8.38. The van der Waals surface area contributed by atoms with E-state index in [2.05, 4.69) is 15.4 Å². The molecule has 11 heteroatoms. The minimum Gasteiger partial charge on any atom is -0.459 e. The van der Waals surface area contributed by atoms with E-state index in [0.29, 0.717) is 38.8 Å². The highest BCUT2D eigenvalue weighted by molar-refractivity contribution is 5.93. The van der Waals surface area contributed by atoms with Gasteiger partial charge in [-0.2, -0.15) is 0 Å². The van der Waals surface area contributed by atoms with Gasteiger partial charge in [-0.3, -0.25) is 14.4 Å². The van der Waals surface area contributed by atoms with Crippen molar-refractivity contribution in [2.45, 2.75) is 51.3 Å². The summed E-state index contributed by atoms with van der Waals surface area (Å²) in [5, 5.41) is 4.72. The van der Waals surface area contributed by atoms with E-state index >= 15 is 0 Å². The summed E-state index contributed by atoms with van der Waals surface area (Å²) in [5.74, 6) is -1.66. The Labute approximate surface area is 204 Å². The number of ether oxygens (including phenoxy) is 2. The van der Waals surface area contributed by atoms with Crippen molar-refractivity contribution in [1.29, 1.82) is 0 Å². The molecule has 2 aliphatic heterocycles. The Bertz CT molecular complexity index is 924. The van der Waals surface area contributed by atoms with Crippen LogP contribution in [0.2, 0.25) is 0 Å². The van der Waals surface area contributed by atoms with Gasteiger partial charge in [-0.1, -0.05) is 30.3 Å². The van der Waals surface area contributed by atoms with E-state index in [4.69, 9.17) is 4.74 Å². The number of likely N-dealkylation sites (tertiary alicyclic amines) is 2. The highest BCUT2D eigenvalue weighted by atomic mass is 16.5. The summed E-state index contributed by atoms with van der Waals surface area (Å²) in [6.07, 6.45) is 1.62. The van der Waals surface area contributed by atoms with E-state index in [1.54, 1.807) is 6.92 Å². The predicted molar refractivity (Wildman–Crippen MR) is 124 cm³/mol. The zero-order valence-corrected chi connectivity index (χ0v) is 19.9. The van der Waals surface area contributed by atoms with Crippen LogP contribution in [0.25, 0.3) is 0 Å². The van der Waals surface area contributed by atoms with Crippen LogP contribution in [0.1, 0.15) is 38.2 Å². The highest BCUT2D eigenvalue weighted by Crippen LogP contribution is 2.25. The number of hydrogen-bond acceptors (Lipinski definition) is 7. The van der Waals surface area contributed by atoms with Gasteiger partial charge < -0.3 is 29.9 Å². The fraction of sp³-hybridized carbons (Fsp3) is 0.542. The summed E-state index contributed by atoms with van der Waals surface area (Å²) < 4.78 is 10.1. The van der Waals surface area contributed by atoms with E-state index in [1.165, 1.54) is 9.80 Å². The van der Waals surface area contributed by atoms with E-state index in [9.17, 15) is 24.0 Å². The average Bonchev–Trinajstić information content (AvgIpc) is 3.55. The van der Waals surface area contributed by atoms with Crippen LogP contribution in [0.5, 0.6) is 0 Å². The number of alkyl carbamates (subject to hydrolysis) is 1. The second kappa shape index (κ2) is 12.7. The molecular weight excluding hydrogens is 456 g/mol. The first kappa shape index (κ1) is 26.0. The number of rotatable bonds is 9. The summed E-state index contributed by atoms with van der Waals surface area (Å²) in [4.78, 5) is 64.9. The largest absolute Gasteiger partial charge is 0.459 e. The molecule has 0 unspecified atom stereocenters. The molecule has 0 aliphatic carbocycles. The molecule has 2 fully saturated rings. The molecule has 2 aliphatic rings. The number of benzene rings is 1. The van der Waals surface area contributed by atoms with E-state index in [-0.39, 0.29) is 32.2 Å². The molecule has 0 aromatic heterocycles. The van der Waals surface area contributed by atoms with Gasteiger partial charge in [-0.15, -0.1) is 0 Å². The number of nitrogens with zero attached hydrogens (tertiary/aromatic N) is 2. The first-order valence-corrected chi connectivity index (χ1v) is 11.9. The standard InChI is InChI=1S/C24H32N4O7/c1-2-34-24(33)26-14-20(29)25-15-21(30)27-12-6-10-18(27)22(31)28-13-7-11-19(28)23(32)35-16-17-8-4-3-5-9-17/h3-5,8-9,18-19H,2,6-7,10-16H2,1H3,(H,25,29)(H,26,33)/t18-,19-/m0/s1. The number of esters is 1. The van der Waals surface area contributed by atoms with Gasteiger partial charge in [-0.25, -0.2) is 9.59 Å². The van der Waals surface area contributed by atoms with Crippen LogP contribution in [0.4, 0.5) is 4.79 Å². The molecule has 1 aromatic carbocycles. The Hall–Kier alpha value is -3.63. The minimum absolute atomic E-state index is 0.136. The van der Waals surface area contributed by atoms with Gasteiger partial charge in [0.05, 0.1) is 13.2 Å². The molecule has 11 nitrogen and oxygen atoms in total. The summed E-state index contributed by atoms with van der Waals surface area (Å²) in [7, 11) is 0. The van der Waals surface area contributed by atoms with Crippen LogP contribution in [0, 0.1) is 0 Å². The molecule has 0 bridgehead atoms. The first-order chi connectivity index (χ1) is 16.9. The highest BCUT2D eigenvalue weighted by Gasteiger charge is 2.42. The quantitative estimate of drug-likeness (QED) is 0.486. The Kier molecular flexibility index (Phi) is 9.45. The number of hydrogen-bond donors (Lipinski definition) is 2. The zero-order chi connectivity index (χ0) is 25.2. The fourth-order valence-corrected chi connectivity index (χ4v) is 4.29. The van der Waals surface area contributed by atoms with E-state index < -0.39 is 36.0 Å².